The van der Waals surface area contributed by atoms with Crippen LogP contribution in [-0.4, -0.2) is 40.6 Å². The van der Waals surface area contributed by atoms with Gasteiger partial charge < -0.3 is 14.7 Å². The van der Waals surface area contributed by atoms with Crippen LogP contribution in [0.25, 0.3) is 0 Å². The van der Waals surface area contributed by atoms with Crippen molar-refractivity contribution in [1.29, 1.82) is 0 Å². The van der Waals surface area contributed by atoms with E-state index in [1.807, 2.05) is 19.1 Å². The third-order valence-corrected chi connectivity index (χ3v) is 4.82. The van der Waals surface area contributed by atoms with E-state index in [9.17, 15) is 18.7 Å². The Labute approximate surface area is 134 Å². The van der Waals surface area contributed by atoms with Crippen LogP contribution in [0.3, 0.4) is 0 Å². The summed E-state index contributed by atoms with van der Waals surface area (Å²) in [6.45, 7) is 2.76. The van der Waals surface area contributed by atoms with Crippen molar-refractivity contribution in [2.24, 2.45) is 0 Å². The lowest BCUT2D eigenvalue weighted by molar-refractivity contribution is -0.224. The summed E-state index contributed by atoms with van der Waals surface area (Å²) in [7, 11) is 0. The van der Waals surface area contributed by atoms with E-state index in [2.05, 4.69) is 0 Å². The predicted molar refractivity (Wildman–Crippen MR) is 80.5 cm³/mol. The lowest BCUT2D eigenvalue weighted by Gasteiger charge is -2.43. The maximum absolute atomic E-state index is 14.3. The number of hydrogen-bond acceptors (Lipinski definition) is 3. The molecule has 0 bridgehead atoms. The van der Waals surface area contributed by atoms with Gasteiger partial charge in [0.2, 0.25) is 0 Å². The lowest BCUT2D eigenvalue weighted by atomic mass is 9.75. The number of aliphatic hydroxyl groups is 1. The quantitative estimate of drug-likeness (QED) is 0.925. The van der Waals surface area contributed by atoms with Crippen LogP contribution in [0.5, 0.6) is 5.75 Å². The minimum absolute atomic E-state index is 0.0232. The SMILES string of the molecule is CCOc1ccc2c(c1)CN(C(=O)C(F)(F)C1(O)CCC1)CC2. The van der Waals surface area contributed by atoms with Crippen molar-refractivity contribution in [3.8, 4) is 5.75 Å². The van der Waals surface area contributed by atoms with Crippen LogP contribution < -0.4 is 4.74 Å². The van der Waals surface area contributed by atoms with Gasteiger partial charge in [-0.05, 0) is 55.9 Å². The number of amides is 1. The molecule has 1 aliphatic carbocycles. The zero-order chi connectivity index (χ0) is 16.7. The van der Waals surface area contributed by atoms with Crippen LogP contribution in [-0.2, 0) is 17.8 Å². The van der Waals surface area contributed by atoms with E-state index >= 15 is 0 Å². The minimum Gasteiger partial charge on any atom is -0.494 e. The molecule has 0 unspecified atom stereocenters. The Morgan fingerprint density at radius 3 is 2.74 bits per heavy atom. The molecule has 0 atom stereocenters. The molecule has 0 aromatic heterocycles. The fourth-order valence-corrected chi connectivity index (χ4v) is 3.19. The number of rotatable bonds is 4. The van der Waals surface area contributed by atoms with Crippen molar-refractivity contribution in [3.05, 3.63) is 29.3 Å². The van der Waals surface area contributed by atoms with Gasteiger partial charge in [0.1, 0.15) is 11.4 Å². The van der Waals surface area contributed by atoms with E-state index in [0.29, 0.717) is 25.2 Å². The lowest BCUT2D eigenvalue weighted by Crippen LogP contribution is -2.61. The van der Waals surface area contributed by atoms with Gasteiger partial charge in [-0.2, -0.15) is 8.78 Å². The summed E-state index contributed by atoms with van der Waals surface area (Å²) in [6.07, 6.45) is 1.01. The first kappa shape index (κ1) is 16.2. The molecule has 0 radical (unpaired) electrons. The highest BCUT2D eigenvalue weighted by molar-refractivity contribution is 5.85. The molecule has 2 aliphatic rings. The van der Waals surface area contributed by atoms with Gasteiger partial charge >= 0.3 is 5.92 Å². The molecule has 3 rings (SSSR count). The predicted octanol–water partition coefficient (Wildman–Crippen LogP) is 2.52. The molecule has 1 amide bonds. The second kappa shape index (κ2) is 5.74. The number of hydrogen-bond donors (Lipinski definition) is 1. The average Bonchev–Trinajstić information content (AvgIpc) is 2.51. The number of nitrogens with zero attached hydrogens (tertiary/aromatic N) is 1. The Hall–Kier alpha value is -1.69. The summed E-state index contributed by atoms with van der Waals surface area (Å²) < 4.78 is 34.1. The third kappa shape index (κ3) is 2.69. The Bertz CT molecular complexity index is 614. The van der Waals surface area contributed by atoms with E-state index in [4.69, 9.17) is 4.74 Å². The second-order valence-corrected chi connectivity index (χ2v) is 6.30. The van der Waals surface area contributed by atoms with Gasteiger partial charge in [-0.1, -0.05) is 6.07 Å². The molecule has 1 heterocycles. The van der Waals surface area contributed by atoms with Crippen LogP contribution in [0.2, 0.25) is 0 Å². The standard InChI is InChI=1S/C17H21F2NO3/c1-2-23-14-5-4-12-6-9-20(11-13(12)10-14)15(21)17(18,19)16(22)7-3-8-16/h4-5,10,22H,2-3,6-9,11H2,1H3. The molecular weight excluding hydrogens is 304 g/mol. The van der Waals surface area contributed by atoms with Crippen molar-refractivity contribution in [1.82, 2.24) is 4.90 Å². The zero-order valence-corrected chi connectivity index (χ0v) is 13.1. The average molecular weight is 325 g/mol. The summed E-state index contributed by atoms with van der Waals surface area (Å²) in [6, 6.07) is 5.57. The zero-order valence-electron chi connectivity index (χ0n) is 13.1. The maximum Gasteiger partial charge on any atom is 0.352 e. The van der Waals surface area contributed by atoms with Gasteiger partial charge in [0, 0.05) is 13.1 Å². The number of carbonyl (C=O) groups is 1. The second-order valence-electron chi connectivity index (χ2n) is 6.30. The Balaban J connectivity index is 1.78. The van der Waals surface area contributed by atoms with Crippen LogP contribution in [0.1, 0.15) is 37.3 Å². The largest absolute Gasteiger partial charge is 0.494 e. The summed E-state index contributed by atoms with van der Waals surface area (Å²) >= 11 is 0. The van der Waals surface area contributed by atoms with E-state index < -0.39 is 17.4 Å². The highest BCUT2D eigenvalue weighted by atomic mass is 19.3. The number of ether oxygens (including phenoxy) is 1. The number of fused-ring (bicyclic) bond motifs is 1. The van der Waals surface area contributed by atoms with Gasteiger partial charge in [0.05, 0.1) is 6.61 Å². The van der Waals surface area contributed by atoms with Crippen LogP contribution in [0, 0.1) is 0 Å². The fraction of sp³-hybridized carbons (Fsp3) is 0.588. The van der Waals surface area contributed by atoms with E-state index in [0.717, 1.165) is 16.0 Å². The maximum atomic E-state index is 14.3. The first-order valence-corrected chi connectivity index (χ1v) is 8.01. The summed E-state index contributed by atoms with van der Waals surface area (Å²) in [5.41, 5.74) is -0.299. The van der Waals surface area contributed by atoms with Crippen molar-refractivity contribution in [2.45, 2.75) is 50.7 Å². The first-order valence-electron chi connectivity index (χ1n) is 8.01. The molecule has 0 spiro atoms. The molecule has 1 N–H and O–H groups in total. The van der Waals surface area contributed by atoms with Crippen LogP contribution >= 0.6 is 0 Å². The first-order chi connectivity index (χ1) is 10.9. The summed E-state index contributed by atoms with van der Waals surface area (Å²) in [4.78, 5) is 13.4. The molecule has 0 saturated heterocycles. The smallest absolute Gasteiger partial charge is 0.352 e. The van der Waals surface area contributed by atoms with Crippen molar-refractivity contribution in [3.63, 3.8) is 0 Å². The molecule has 6 heteroatoms. The monoisotopic (exact) mass is 325 g/mol. The van der Waals surface area contributed by atoms with Crippen molar-refractivity contribution < 1.29 is 23.4 Å². The molecule has 23 heavy (non-hydrogen) atoms. The molecule has 1 aromatic carbocycles. The molecule has 126 valence electrons. The van der Waals surface area contributed by atoms with Gasteiger partial charge in [-0.25, -0.2) is 0 Å². The van der Waals surface area contributed by atoms with E-state index in [-0.39, 0.29) is 25.9 Å². The van der Waals surface area contributed by atoms with E-state index in [1.165, 1.54) is 0 Å². The van der Waals surface area contributed by atoms with Crippen molar-refractivity contribution in [2.75, 3.05) is 13.2 Å². The summed E-state index contributed by atoms with van der Waals surface area (Å²) in [5.74, 6) is -4.32. The Kier molecular flexibility index (Phi) is 4.04. The minimum atomic E-state index is -3.72. The van der Waals surface area contributed by atoms with Gasteiger partial charge in [0.25, 0.3) is 5.91 Å². The topological polar surface area (TPSA) is 49.8 Å². The highest BCUT2D eigenvalue weighted by Crippen LogP contribution is 2.45. The Morgan fingerprint density at radius 2 is 2.13 bits per heavy atom. The molecule has 1 saturated carbocycles. The molecular formula is C17H21F2NO3. The fourth-order valence-electron chi connectivity index (χ4n) is 3.19. The van der Waals surface area contributed by atoms with E-state index in [1.54, 1.807) is 6.07 Å². The van der Waals surface area contributed by atoms with Crippen LogP contribution in [0.15, 0.2) is 18.2 Å². The number of carbonyl (C=O) groups excluding carboxylic acids is 1. The molecule has 1 aliphatic heterocycles. The molecule has 4 nitrogen and oxygen atoms in total. The highest BCUT2D eigenvalue weighted by Gasteiger charge is 2.62. The van der Waals surface area contributed by atoms with Gasteiger partial charge in [-0.15, -0.1) is 0 Å². The normalized spacial score (nSPS) is 19.7. The Morgan fingerprint density at radius 1 is 1.39 bits per heavy atom. The summed E-state index contributed by atoms with van der Waals surface area (Å²) in [5, 5.41) is 9.93. The van der Waals surface area contributed by atoms with Crippen molar-refractivity contribution >= 4 is 5.91 Å². The van der Waals surface area contributed by atoms with Gasteiger partial charge in [0.15, 0.2) is 0 Å². The third-order valence-electron chi connectivity index (χ3n) is 4.82. The number of halogens is 2. The van der Waals surface area contributed by atoms with Crippen LogP contribution in [0.4, 0.5) is 8.78 Å². The van der Waals surface area contributed by atoms with Gasteiger partial charge in [-0.3, -0.25) is 4.79 Å². The molecule has 1 fully saturated rings. The number of benzene rings is 1. The number of alkyl halides is 2. The molecule has 1 aromatic rings.